The third-order valence-corrected chi connectivity index (χ3v) is 5.46. The molecule has 0 spiro atoms. The molecule has 0 saturated heterocycles. The van der Waals surface area contributed by atoms with Crippen molar-refractivity contribution in [3.8, 4) is 0 Å². The van der Waals surface area contributed by atoms with Crippen LogP contribution < -0.4 is 5.32 Å². The fourth-order valence-corrected chi connectivity index (χ4v) is 3.95. The van der Waals surface area contributed by atoms with Crippen molar-refractivity contribution in [2.75, 3.05) is 0 Å². The molecule has 19 heavy (non-hydrogen) atoms. The zero-order chi connectivity index (χ0) is 14.2. The summed E-state index contributed by atoms with van der Waals surface area (Å²) in [4.78, 5) is 11.9. The molecule has 1 amide bonds. The van der Waals surface area contributed by atoms with Gasteiger partial charge in [0.15, 0.2) is 0 Å². The summed E-state index contributed by atoms with van der Waals surface area (Å²) in [7, 11) is 1.44. The predicted molar refractivity (Wildman–Crippen MR) is 76.8 cm³/mol. The predicted octanol–water partition coefficient (Wildman–Crippen LogP) is 2.90. The van der Waals surface area contributed by atoms with E-state index in [4.69, 9.17) is 10.7 Å². The molecule has 0 aliphatic heterocycles. The summed E-state index contributed by atoms with van der Waals surface area (Å²) in [6.45, 7) is 1.95. The van der Waals surface area contributed by atoms with E-state index in [0.29, 0.717) is 10.4 Å². The molecule has 0 heterocycles. The Bertz CT molecular complexity index is 613. The molecule has 1 aliphatic carbocycles. The number of halogens is 2. The SMILES string of the molecule is CC(NC(=O)c1ccc(Br)c(S(=O)(=O)Cl)c1)C1CC1. The van der Waals surface area contributed by atoms with Crippen LogP contribution >= 0.6 is 26.6 Å². The molecule has 1 atom stereocenters. The maximum atomic E-state index is 12.0. The number of rotatable bonds is 4. The average molecular weight is 367 g/mol. The minimum atomic E-state index is -3.88. The summed E-state index contributed by atoms with van der Waals surface area (Å²) in [6.07, 6.45) is 2.26. The normalized spacial score (nSPS) is 17.0. The highest BCUT2D eigenvalue weighted by molar-refractivity contribution is 9.10. The van der Waals surface area contributed by atoms with Crippen LogP contribution in [0.15, 0.2) is 27.6 Å². The van der Waals surface area contributed by atoms with E-state index in [1.165, 1.54) is 12.1 Å². The molecule has 1 saturated carbocycles. The van der Waals surface area contributed by atoms with Gasteiger partial charge < -0.3 is 5.32 Å². The van der Waals surface area contributed by atoms with Gasteiger partial charge in [0.05, 0.1) is 4.90 Å². The second-order valence-corrected chi connectivity index (χ2v) is 8.07. The lowest BCUT2D eigenvalue weighted by Gasteiger charge is -2.13. The van der Waals surface area contributed by atoms with E-state index in [0.717, 1.165) is 12.8 Å². The molecule has 2 rings (SSSR count). The minimum absolute atomic E-state index is 0.0964. The van der Waals surface area contributed by atoms with Crippen molar-refractivity contribution >= 4 is 41.6 Å². The van der Waals surface area contributed by atoms with Crippen molar-refractivity contribution in [2.24, 2.45) is 5.92 Å². The number of nitrogens with one attached hydrogen (secondary N) is 1. The Morgan fingerprint density at radius 1 is 1.47 bits per heavy atom. The molecule has 4 nitrogen and oxygen atoms in total. The Kier molecular flexibility index (Phi) is 4.23. The Hall–Kier alpha value is -0.590. The molecular formula is C12H13BrClNO3S. The first-order chi connectivity index (χ1) is 8.79. The number of carbonyl (C=O) groups is 1. The number of hydrogen-bond acceptors (Lipinski definition) is 3. The number of hydrogen-bond donors (Lipinski definition) is 1. The highest BCUT2D eigenvalue weighted by atomic mass is 79.9. The lowest BCUT2D eigenvalue weighted by atomic mass is 10.1. The standard InChI is InChI=1S/C12H13BrClNO3S/c1-7(8-2-3-8)15-12(16)9-4-5-10(13)11(6-9)19(14,17)18/h4-8H,2-3H2,1H3,(H,15,16). The van der Waals surface area contributed by atoms with E-state index >= 15 is 0 Å². The van der Waals surface area contributed by atoms with Gasteiger partial charge in [-0.05, 0) is 59.8 Å². The summed E-state index contributed by atoms with van der Waals surface area (Å²) in [5, 5.41) is 2.86. The van der Waals surface area contributed by atoms with Crippen LogP contribution in [0.1, 0.15) is 30.1 Å². The van der Waals surface area contributed by atoms with Crippen LogP contribution in [0.5, 0.6) is 0 Å². The molecule has 0 bridgehead atoms. The lowest BCUT2D eigenvalue weighted by Crippen LogP contribution is -2.34. The summed E-state index contributed by atoms with van der Waals surface area (Å²) in [5.41, 5.74) is 0.287. The van der Waals surface area contributed by atoms with Gasteiger partial charge in [0, 0.05) is 26.8 Å². The third-order valence-electron chi connectivity index (χ3n) is 3.14. The molecule has 1 aromatic carbocycles. The molecule has 1 aromatic rings. The van der Waals surface area contributed by atoms with E-state index in [2.05, 4.69) is 21.2 Å². The van der Waals surface area contributed by atoms with Crippen molar-refractivity contribution in [3.63, 3.8) is 0 Å². The maximum absolute atomic E-state index is 12.0. The van der Waals surface area contributed by atoms with Gasteiger partial charge in [-0.1, -0.05) is 0 Å². The summed E-state index contributed by atoms with van der Waals surface area (Å²) < 4.78 is 23.1. The fraction of sp³-hybridized carbons (Fsp3) is 0.417. The maximum Gasteiger partial charge on any atom is 0.262 e. The first-order valence-corrected chi connectivity index (χ1v) is 8.94. The van der Waals surface area contributed by atoms with Gasteiger partial charge in [-0.25, -0.2) is 8.42 Å². The van der Waals surface area contributed by atoms with Crippen molar-refractivity contribution in [3.05, 3.63) is 28.2 Å². The molecule has 1 N–H and O–H groups in total. The van der Waals surface area contributed by atoms with E-state index in [1.807, 2.05) is 6.92 Å². The van der Waals surface area contributed by atoms with E-state index in [1.54, 1.807) is 6.07 Å². The average Bonchev–Trinajstić information content (AvgIpc) is 3.11. The highest BCUT2D eigenvalue weighted by Crippen LogP contribution is 2.32. The largest absolute Gasteiger partial charge is 0.349 e. The topological polar surface area (TPSA) is 63.2 Å². The van der Waals surface area contributed by atoms with E-state index in [9.17, 15) is 13.2 Å². The summed E-state index contributed by atoms with van der Waals surface area (Å²) >= 11 is 3.10. The molecule has 0 aromatic heterocycles. The Labute approximate surface area is 125 Å². The second kappa shape index (κ2) is 5.42. The van der Waals surface area contributed by atoms with Crippen LogP contribution in [0.4, 0.5) is 0 Å². The van der Waals surface area contributed by atoms with Crippen molar-refractivity contribution in [1.29, 1.82) is 0 Å². The fourth-order valence-electron chi connectivity index (χ4n) is 1.84. The molecule has 1 unspecified atom stereocenters. The lowest BCUT2D eigenvalue weighted by molar-refractivity contribution is 0.0935. The second-order valence-electron chi connectivity index (χ2n) is 4.68. The van der Waals surface area contributed by atoms with Crippen molar-refractivity contribution < 1.29 is 13.2 Å². The van der Waals surface area contributed by atoms with Crippen LogP contribution in [-0.2, 0) is 9.05 Å². The first-order valence-electron chi connectivity index (χ1n) is 5.84. The van der Waals surface area contributed by atoms with Gasteiger partial charge in [0.1, 0.15) is 0 Å². The minimum Gasteiger partial charge on any atom is -0.349 e. The van der Waals surface area contributed by atoms with Gasteiger partial charge >= 0.3 is 0 Å². The van der Waals surface area contributed by atoms with Crippen molar-refractivity contribution in [1.82, 2.24) is 5.32 Å². The smallest absolute Gasteiger partial charge is 0.262 e. The quantitative estimate of drug-likeness (QED) is 0.833. The number of amides is 1. The van der Waals surface area contributed by atoms with Gasteiger partial charge in [-0.3, -0.25) is 4.79 Å². The van der Waals surface area contributed by atoms with Crippen LogP contribution in [0, 0.1) is 5.92 Å². The zero-order valence-corrected chi connectivity index (χ0v) is 13.3. The molecule has 7 heteroatoms. The van der Waals surface area contributed by atoms with Gasteiger partial charge in [-0.2, -0.15) is 0 Å². The Balaban J connectivity index is 2.22. The van der Waals surface area contributed by atoms with Gasteiger partial charge in [0.25, 0.3) is 15.0 Å². The van der Waals surface area contributed by atoms with Gasteiger partial charge in [-0.15, -0.1) is 0 Å². The van der Waals surface area contributed by atoms with E-state index in [-0.39, 0.29) is 22.4 Å². The number of carbonyl (C=O) groups excluding carboxylic acids is 1. The third kappa shape index (κ3) is 3.70. The van der Waals surface area contributed by atoms with Crippen LogP contribution in [0.2, 0.25) is 0 Å². The van der Waals surface area contributed by atoms with Gasteiger partial charge in [0.2, 0.25) is 0 Å². The van der Waals surface area contributed by atoms with Crippen LogP contribution in [0.25, 0.3) is 0 Å². The van der Waals surface area contributed by atoms with E-state index < -0.39 is 9.05 Å². The highest BCUT2D eigenvalue weighted by Gasteiger charge is 2.29. The molecule has 1 fully saturated rings. The van der Waals surface area contributed by atoms with Crippen molar-refractivity contribution in [2.45, 2.75) is 30.7 Å². The Morgan fingerprint density at radius 3 is 2.63 bits per heavy atom. The number of benzene rings is 1. The summed E-state index contributed by atoms with van der Waals surface area (Å²) in [5.74, 6) is 0.254. The molecule has 1 aliphatic rings. The molecule has 0 radical (unpaired) electrons. The van der Waals surface area contributed by atoms with Crippen LogP contribution in [-0.4, -0.2) is 20.4 Å². The molecule has 104 valence electrons. The first kappa shape index (κ1) is 14.8. The Morgan fingerprint density at radius 2 is 2.11 bits per heavy atom. The van der Waals surface area contributed by atoms with Crippen LogP contribution in [0.3, 0.4) is 0 Å². The summed E-state index contributed by atoms with van der Waals surface area (Å²) in [6, 6.07) is 4.45. The monoisotopic (exact) mass is 365 g/mol. The zero-order valence-electron chi connectivity index (χ0n) is 10.2. The molecular weight excluding hydrogens is 354 g/mol.